The van der Waals surface area contributed by atoms with Crippen LogP contribution >= 0.6 is 15.9 Å². The van der Waals surface area contributed by atoms with Crippen LogP contribution in [0.5, 0.6) is 0 Å². The second-order valence-electron chi connectivity index (χ2n) is 3.44. The fraction of sp³-hybridized carbons (Fsp3) is 0.111. The van der Waals surface area contributed by atoms with Crippen LogP contribution in [-0.4, -0.2) is 18.6 Å². The second kappa shape index (κ2) is 4.58. The zero-order valence-corrected chi connectivity index (χ0v) is 11.6. The van der Waals surface area contributed by atoms with Crippen molar-refractivity contribution in [3.05, 3.63) is 28.5 Å². The highest BCUT2D eigenvalue weighted by Gasteiger charge is 2.18. The van der Waals surface area contributed by atoms with E-state index >= 15 is 0 Å². The fourth-order valence-corrected chi connectivity index (χ4v) is 2.41. The summed E-state index contributed by atoms with van der Waals surface area (Å²) < 4.78 is 31.4. The Bertz CT molecular complexity index is 683. The van der Waals surface area contributed by atoms with E-state index in [1.54, 1.807) is 13.0 Å². The average Bonchev–Trinajstić information content (AvgIpc) is 2.67. The highest BCUT2D eigenvalue weighted by Crippen LogP contribution is 2.23. The number of halogens is 1. The van der Waals surface area contributed by atoms with Crippen LogP contribution in [-0.2, 0) is 10.0 Å². The molecule has 0 saturated heterocycles. The number of anilines is 2. The molecule has 96 valence electrons. The van der Waals surface area contributed by atoms with Gasteiger partial charge in [-0.15, -0.1) is 0 Å². The Morgan fingerprint density at radius 2 is 2.17 bits per heavy atom. The number of hydrogen-bond acceptors (Lipinski definition) is 6. The standard InChI is InChI=1S/C9H9BrN4O3S/c1-5-12-9(17-13-5)14-18(15,16)6-2-3-7(10)8(11)4-6/h2-4H,11H2,1H3,(H,12,13,14). The van der Waals surface area contributed by atoms with Gasteiger partial charge in [-0.25, -0.2) is 13.1 Å². The summed E-state index contributed by atoms with van der Waals surface area (Å²) in [5, 5.41) is 3.48. The Kier molecular flexibility index (Phi) is 3.26. The van der Waals surface area contributed by atoms with E-state index in [2.05, 4.69) is 35.3 Å². The fourth-order valence-electron chi connectivity index (χ4n) is 1.20. The third-order valence-corrected chi connectivity index (χ3v) is 4.07. The molecular formula is C9H9BrN4O3S. The van der Waals surface area contributed by atoms with Crippen LogP contribution in [0.15, 0.2) is 32.1 Å². The molecule has 1 heterocycles. The van der Waals surface area contributed by atoms with Crippen LogP contribution in [0.4, 0.5) is 11.7 Å². The number of benzene rings is 1. The van der Waals surface area contributed by atoms with Crippen molar-refractivity contribution in [2.45, 2.75) is 11.8 Å². The molecule has 0 fully saturated rings. The van der Waals surface area contributed by atoms with E-state index in [4.69, 9.17) is 5.73 Å². The number of nitrogen functional groups attached to an aromatic ring is 1. The number of aryl methyl sites for hydroxylation is 1. The molecule has 7 nitrogen and oxygen atoms in total. The summed E-state index contributed by atoms with van der Waals surface area (Å²) >= 11 is 3.19. The molecule has 9 heteroatoms. The van der Waals surface area contributed by atoms with Crippen LogP contribution in [0, 0.1) is 6.92 Å². The largest absolute Gasteiger partial charge is 0.398 e. The molecular weight excluding hydrogens is 324 g/mol. The number of nitrogens with two attached hydrogens (primary N) is 1. The third kappa shape index (κ3) is 2.62. The monoisotopic (exact) mass is 332 g/mol. The summed E-state index contributed by atoms with van der Waals surface area (Å²) in [4.78, 5) is 3.77. The van der Waals surface area contributed by atoms with Gasteiger partial charge in [-0.3, -0.25) is 0 Å². The number of nitrogens with zero attached hydrogens (tertiary/aromatic N) is 2. The minimum atomic E-state index is -3.79. The van der Waals surface area contributed by atoms with Crippen LogP contribution in [0.25, 0.3) is 0 Å². The van der Waals surface area contributed by atoms with E-state index in [-0.39, 0.29) is 10.9 Å². The molecule has 0 aliphatic carbocycles. The maximum Gasteiger partial charge on any atom is 0.335 e. The maximum absolute atomic E-state index is 12.0. The summed E-state index contributed by atoms with van der Waals surface area (Å²) in [7, 11) is -3.79. The van der Waals surface area contributed by atoms with Crippen molar-refractivity contribution in [2.24, 2.45) is 0 Å². The molecule has 0 aliphatic rings. The van der Waals surface area contributed by atoms with Crippen molar-refractivity contribution in [2.75, 3.05) is 10.5 Å². The molecule has 0 bridgehead atoms. The molecule has 1 aromatic carbocycles. The molecule has 0 spiro atoms. The zero-order valence-electron chi connectivity index (χ0n) is 9.21. The molecule has 0 unspecified atom stereocenters. The van der Waals surface area contributed by atoms with Gasteiger partial charge in [0, 0.05) is 10.2 Å². The highest BCUT2D eigenvalue weighted by atomic mass is 79.9. The van der Waals surface area contributed by atoms with Gasteiger partial charge in [0.25, 0.3) is 10.0 Å². The minimum absolute atomic E-state index is 0.0130. The summed E-state index contributed by atoms with van der Waals surface area (Å²) in [6.07, 6.45) is 0. The molecule has 0 aliphatic heterocycles. The summed E-state index contributed by atoms with van der Waals surface area (Å²) in [6, 6.07) is 4.10. The first kappa shape index (κ1) is 12.8. The minimum Gasteiger partial charge on any atom is -0.398 e. The Labute approximate surface area is 112 Å². The first-order valence-corrected chi connectivity index (χ1v) is 7.04. The van der Waals surface area contributed by atoms with Gasteiger partial charge in [0.05, 0.1) is 4.90 Å². The maximum atomic E-state index is 12.0. The van der Waals surface area contributed by atoms with Gasteiger partial charge in [-0.2, -0.15) is 4.98 Å². The van der Waals surface area contributed by atoms with E-state index < -0.39 is 10.0 Å². The average molecular weight is 333 g/mol. The lowest BCUT2D eigenvalue weighted by Gasteiger charge is -2.05. The van der Waals surface area contributed by atoms with Crippen LogP contribution < -0.4 is 10.5 Å². The van der Waals surface area contributed by atoms with Crippen molar-refractivity contribution in [1.29, 1.82) is 0 Å². The molecule has 3 N–H and O–H groups in total. The van der Waals surface area contributed by atoms with E-state index in [0.29, 0.717) is 16.0 Å². The van der Waals surface area contributed by atoms with Crippen LogP contribution in [0.1, 0.15) is 5.82 Å². The summed E-state index contributed by atoms with van der Waals surface area (Å²) in [6.45, 7) is 1.58. The van der Waals surface area contributed by atoms with E-state index in [1.807, 2.05) is 0 Å². The molecule has 1 aromatic heterocycles. The molecule has 0 atom stereocenters. The second-order valence-corrected chi connectivity index (χ2v) is 5.97. The number of rotatable bonds is 3. The van der Waals surface area contributed by atoms with Crippen molar-refractivity contribution in [3.8, 4) is 0 Å². The van der Waals surface area contributed by atoms with E-state index in [0.717, 1.165) is 0 Å². The lowest BCUT2D eigenvalue weighted by atomic mass is 10.3. The van der Waals surface area contributed by atoms with Gasteiger partial charge in [0.1, 0.15) is 0 Å². The first-order chi connectivity index (χ1) is 8.38. The number of nitrogens with one attached hydrogen (secondary N) is 1. The predicted molar refractivity (Wildman–Crippen MR) is 68.4 cm³/mol. The van der Waals surface area contributed by atoms with Gasteiger partial charge in [-0.05, 0) is 41.1 Å². The van der Waals surface area contributed by atoms with Crippen molar-refractivity contribution < 1.29 is 12.9 Å². The Morgan fingerprint density at radius 3 is 2.72 bits per heavy atom. The van der Waals surface area contributed by atoms with Gasteiger partial charge in [0.2, 0.25) is 0 Å². The molecule has 0 saturated carbocycles. The van der Waals surface area contributed by atoms with Gasteiger partial charge < -0.3 is 10.3 Å². The first-order valence-electron chi connectivity index (χ1n) is 4.76. The number of sulfonamides is 1. The quantitative estimate of drug-likeness (QED) is 0.824. The van der Waals surface area contributed by atoms with Crippen molar-refractivity contribution in [1.82, 2.24) is 10.1 Å². The third-order valence-electron chi connectivity index (χ3n) is 2.03. The molecule has 0 amide bonds. The topological polar surface area (TPSA) is 111 Å². The normalized spacial score (nSPS) is 11.4. The summed E-state index contributed by atoms with van der Waals surface area (Å²) in [5.41, 5.74) is 5.94. The van der Waals surface area contributed by atoms with E-state index in [1.165, 1.54) is 12.1 Å². The zero-order chi connectivity index (χ0) is 13.3. The van der Waals surface area contributed by atoms with E-state index in [9.17, 15) is 8.42 Å². The lowest BCUT2D eigenvalue weighted by molar-refractivity contribution is 0.429. The van der Waals surface area contributed by atoms with Crippen LogP contribution in [0.3, 0.4) is 0 Å². The van der Waals surface area contributed by atoms with Gasteiger partial charge in [-0.1, -0.05) is 5.16 Å². The van der Waals surface area contributed by atoms with Crippen LogP contribution in [0.2, 0.25) is 0 Å². The SMILES string of the molecule is Cc1noc(NS(=O)(=O)c2ccc(Br)c(N)c2)n1. The highest BCUT2D eigenvalue weighted by molar-refractivity contribution is 9.10. The number of hydrogen-bond donors (Lipinski definition) is 2. The van der Waals surface area contributed by atoms with Gasteiger partial charge in [0.15, 0.2) is 5.82 Å². The molecule has 0 radical (unpaired) electrons. The molecule has 18 heavy (non-hydrogen) atoms. The van der Waals surface area contributed by atoms with Crippen molar-refractivity contribution >= 4 is 37.7 Å². The Morgan fingerprint density at radius 1 is 1.44 bits per heavy atom. The lowest BCUT2D eigenvalue weighted by Crippen LogP contribution is -2.13. The smallest absolute Gasteiger partial charge is 0.335 e. The molecule has 2 aromatic rings. The number of aromatic nitrogens is 2. The Balaban J connectivity index is 2.33. The Hall–Kier alpha value is -1.61. The molecule has 2 rings (SSSR count). The van der Waals surface area contributed by atoms with Gasteiger partial charge >= 0.3 is 6.01 Å². The predicted octanol–water partition coefficient (Wildman–Crippen LogP) is 1.52. The summed E-state index contributed by atoms with van der Waals surface area (Å²) in [5.74, 6) is 0.336. The van der Waals surface area contributed by atoms with Crippen molar-refractivity contribution in [3.63, 3.8) is 0 Å².